The van der Waals surface area contributed by atoms with Gasteiger partial charge in [0.25, 0.3) is 0 Å². The number of hydrogen-bond donors (Lipinski definition) is 1. The highest BCUT2D eigenvalue weighted by Crippen LogP contribution is 2.24. The molecule has 130 valence electrons. The fraction of sp³-hybridized carbons (Fsp3) is 0.214. The van der Waals surface area contributed by atoms with Gasteiger partial charge < -0.3 is 9.47 Å². The number of alkyl halides is 3. The maximum absolute atomic E-state index is 12.2. The Morgan fingerprint density at radius 2 is 1.96 bits per heavy atom. The Bertz CT molecular complexity index is 792. The van der Waals surface area contributed by atoms with E-state index >= 15 is 0 Å². The first kappa shape index (κ1) is 18.0. The van der Waals surface area contributed by atoms with Gasteiger partial charge in [-0.15, -0.1) is 13.2 Å². The van der Waals surface area contributed by atoms with Crippen molar-refractivity contribution >= 4 is 10.0 Å². The standard InChI is InChI=1S/C14H13F3N2O4S/c1-22-13-6-5-10(8-18-13)9-19-24(20,21)12-4-2-3-11(7-12)23-14(15,16)17/h2-8,19H,9H2,1H3. The number of hydrogen-bond acceptors (Lipinski definition) is 5. The highest BCUT2D eigenvalue weighted by Gasteiger charge is 2.31. The molecule has 0 amide bonds. The van der Waals surface area contributed by atoms with Crippen molar-refractivity contribution < 1.29 is 31.1 Å². The van der Waals surface area contributed by atoms with E-state index in [0.29, 0.717) is 11.4 Å². The van der Waals surface area contributed by atoms with Gasteiger partial charge in [0.1, 0.15) is 5.75 Å². The van der Waals surface area contributed by atoms with Gasteiger partial charge in [0, 0.05) is 24.9 Å². The van der Waals surface area contributed by atoms with Crippen molar-refractivity contribution in [3.63, 3.8) is 0 Å². The summed E-state index contributed by atoms with van der Waals surface area (Å²) < 4.78 is 71.8. The first-order valence-corrected chi connectivity index (χ1v) is 8.02. The van der Waals surface area contributed by atoms with Crippen molar-refractivity contribution in [2.45, 2.75) is 17.8 Å². The van der Waals surface area contributed by atoms with E-state index in [2.05, 4.69) is 14.4 Å². The molecule has 0 atom stereocenters. The summed E-state index contributed by atoms with van der Waals surface area (Å²) in [7, 11) is -2.56. The summed E-state index contributed by atoms with van der Waals surface area (Å²) in [5.41, 5.74) is 0.557. The van der Waals surface area contributed by atoms with Crippen molar-refractivity contribution in [2.24, 2.45) is 0 Å². The summed E-state index contributed by atoms with van der Waals surface area (Å²) in [5, 5.41) is 0. The molecule has 0 spiro atoms. The van der Waals surface area contributed by atoms with Crippen LogP contribution in [0.3, 0.4) is 0 Å². The molecule has 1 aromatic heterocycles. The first-order chi connectivity index (χ1) is 11.2. The molecule has 1 aromatic carbocycles. The molecule has 0 aliphatic heterocycles. The molecule has 1 heterocycles. The zero-order chi connectivity index (χ0) is 17.8. The van der Waals surface area contributed by atoms with Gasteiger partial charge >= 0.3 is 6.36 Å². The molecule has 1 N–H and O–H groups in total. The lowest BCUT2D eigenvalue weighted by molar-refractivity contribution is -0.274. The van der Waals surface area contributed by atoms with Gasteiger partial charge in [-0.05, 0) is 17.7 Å². The predicted octanol–water partition coefficient (Wildman–Crippen LogP) is 2.47. The average molecular weight is 362 g/mol. The second kappa shape index (κ2) is 7.05. The molecule has 0 saturated heterocycles. The smallest absolute Gasteiger partial charge is 0.481 e. The Morgan fingerprint density at radius 1 is 1.21 bits per heavy atom. The molecular formula is C14H13F3N2O4S. The maximum Gasteiger partial charge on any atom is 0.573 e. The summed E-state index contributed by atoms with van der Waals surface area (Å²) in [4.78, 5) is 3.58. The van der Waals surface area contributed by atoms with E-state index in [1.165, 1.54) is 13.3 Å². The van der Waals surface area contributed by atoms with Crippen LogP contribution in [-0.2, 0) is 16.6 Å². The lowest BCUT2D eigenvalue weighted by Gasteiger charge is -2.11. The van der Waals surface area contributed by atoms with Crippen LogP contribution in [0.2, 0.25) is 0 Å². The van der Waals surface area contributed by atoms with Crippen LogP contribution in [0, 0.1) is 0 Å². The summed E-state index contributed by atoms with van der Waals surface area (Å²) in [6.45, 7) is -0.0797. The van der Waals surface area contributed by atoms with Crippen molar-refractivity contribution in [3.8, 4) is 11.6 Å². The van der Waals surface area contributed by atoms with Crippen molar-refractivity contribution in [1.29, 1.82) is 0 Å². The minimum Gasteiger partial charge on any atom is -0.481 e. The van der Waals surface area contributed by atoms with Gasteiger partial charge in [0.2, 0.25) is 15.9 Å². The maximum atomic E-state index is 12.2. The third-order valence-corrected chi connectivity index (χ3v) is 4.22. The third kappa shape index (κ3) is 5.10. The molecule has 6 nitrogen and oxygen atoms in total. The molecule has 0 bridgehead atoms. The van der Waals surface area contributed by atoms with E-state index in [1.807, 2.05) is 0 Å². The van der Waals surface area contributed by atoms with Crippen LogP contribution in [-0.4, -0.2) is 26.9 Å². The lowest BCUT2D eigenvalue weighted by Crippen LogP contribution is -2.23. The van der Waals surface area contributed by atoms with Crippen molar-refractivity contribution in [2.75, 3.05) is 7.11 Å². The molecule has 0 unspecified atom stereocenters. The van der Waals surface area contributed by atoms with Crippen molar-refractivity contribution in [3.05, 3.63) is 48.2 Å². The fourth-order valence-electron chi connectivity index (χ4n) is 1.74. The monoisotopic (exact) mass is 362 g/mol. The zero-order valence-corrected chi connectivity index (χ0v) is 13.2. The van der Waals surface area contributed by atoms with Gasteiger partial charge in [-0.2, -0.15) is 0 Å². The van der Waals surface area contributed by atoms with Gasteiger partial charge in [0.05, 0.1) is 12.0 Å². The van der Waals surface area contributed by atoms with Gasteiger partial charge in [-0.1, -0.05) is 12.1 Å². The molecule has 24 heavy (non-hydrogen) atoms. The number of pyridine rings is 1. The van der Waals surface area contributed by atoms with E-state index in [0.717, 1.165) is 24.3 Å². The number of sulfonamides is 1. The molecular weight excluding hydrogens is 349 g/mol. The fourth-order valence-corrected chi connectivity index (χ4v) is 2.79. The summed E-state index contributed by atoms with van der Waals surface area (Å²) >= 11 is 0. The molecule has 0 aliphatic carbocycles. The largest absolute Gasteiger partial charge is 0.573 e. The SMILES string of the molecule is COc1ccc(CNS(=O)(=O)c2cccc(OC(F)(F)F)c2)cn1. The number of aromatic nitrogens is 1. The van der Waals surface area contributed by atoms with E-state index < -0.39 is 22.1 Å². The van der Waals surface area contributed by atoms with E-state index in [9.17, 15) is 21.6 Å². The van der Waals surface area contributed by atoms with Crippen LogP contribution in [0.4, 0.5) is 13.2 Å². The quantitative estimate of drug-likeness (QED) is 0.854. The third-order valence-electron chi connectivity index (χ3n) is 2.82. The predicted molar refractivity (Wildman–Crippen MR) is 77.9 cm³/mol. The van der Waals surface area contributed by atoms with Gasteiger partial charge in [-0.3, -0.25) is 0 Å². The Hall–Kier alpha value is -2.33. The Balaban J connectivity index is 2.10. The van der Waals surface area contributed by atoms with Gasteiger partial charge in [-0.25, -0.2) is 18.1 Å². The second-order valence-electron chi connectivity index (χ2n) is 4.56. The summed E-state index contributed by atoms with van der Waals surface area (Å²) in [6.07, 6.45) is -3.48. The molecule has 0 fully saturated rings. The Kier molecular flexibility index (Phi) is 5.30. The van der Waals surface area contributed by atoms with Crippen molar-refractivity contribution in [1.82, 2.24) is 9.71 Å². The van der Waals surface area contributed by atoms with Crippen LogP contribution in [0.15, 0.2) is 47.5 Å². The van der Waals surface area contributed by atoms with E-state index in [-0.39, 0.29) is 11.4 Å². The van der Waals surface area contributed by atoms with Crippen LogP contribution >= 0.6 is 0 Å². The normalized spacial score (nSPS) is 12.0. The number of rotatable bonds is 6. The van der Waals surface area contributed by atoms with E-state index in [1.54, 1.807) is 12.1 Å². The number of benzene rings is 1. The molecule has 0 saturated carbocycles. The van der Waals surface area contributed by atoms with E-state index in [4.69, 9.17) is 4.74 Å². The number of nitrogens with one attached hydrogen (secondary N) is 1. The summed E-state index contributed by atoms with van der Waals surface area (Å²) in [6, 6.07) is 7.30. The molecule has 2 aromatic rings. The van der Waals surface area contributed by atoms with Gasteiger partial charge in [0.15, 0.2) is 0 Å². The average Bonchev–Trinajstić information content (AvgIpc) is 2.52. The topological polar surface area (TPSA) is 77.5 Å². The summed E-state index contributed by atoms with van der Waals surface area (Å²) in [5.74, 6) is -0.241. The minimum absolute atomic E-state index is 0.0797. The highest BCUT2D eigenvalue weighted by atomic mass is 32.2. The Morgan fingerprint density at radius 3 is 2.54 bits per heavy atom. The first-order valence-electron chi connectivity index (χ1n) is 6.54. The number of methoxy groups -OCH3 is 1. The number of nitrogens with zero attached hydrogens (tertiary/aromatic N) is 1. The number of halogens is 3. The zero-order valence-electron chi connectivity index (χ0n) is 12.4. The van der Waals surface area contributed by atoms with Crippen LogP contribution < -0.4 is 14.2 Å². The highest BCUT2D eigenvalue weighted by molar-refractivity contribution is 7.89. The lowest BCUT2D eigenvalue weighted by atomic mass is 10.3. The Labute approximate surface area is 136 Å². The molecule has 0 radical (unpaired) electrons. The van der Waals surface area contributed by atoms with Crippen LogP contribution in [0.1, 0.15) is 5.56 Å². The molecule has 10 heteroatoms. The van der Waals surface area contributed by atoms with Crippen LogP contribution in [0.25, 0.3) is 0 Å². The van der Waals surface area contributed by atoms with Crippen LogP contribution in [0.5, 0.6) is 11.6 Å². The second-order valence-corrected chi connectivity index (χ2v) is 6.32. The molecule has 0 aliphatic rings. The minimum atomic E-state index is -4.90. The molecule has 2 rings (SSSR count). The number of ether oxygens (including phenoxy) is 2.